The number of aryl methyl sites for hydroxylation is 1. The van der Waals surface area contributed by atoms with Crippen molar-refractivity contribution in [3.63, 3.8) is 0 Å². The Morgan fingerprint density at radius 3 is 2.62 bits per heavy atom. The van der Waals surface area contributed by atoms with Crippen LogP contribution < -0.4 is 4.72 Å². The zero-order chi connectivity index (χ0) is 20.9. The number of rotatable bonds is 8. The summed E-state index contributed by atoms with van der Waals surface area (Å²) in [5.41, 5.74) is 1.47. The number of hydrogen-bond acceptors (Lipinski definition) is 6. The molecule has 0 amide bonds. The molecule has 0 radical (unpaired) electrons. The summed E-state index contributed by atoms with van der Waals surface area (Å²) in [7, 11) is -3.91. The number of pyridine rings is 1. The van der Waals surface area contributed by atoms with Crippen molar-refractivity contribution >= 4 is 27.4 Å². The van der Waals surface area contributed by atoms with Gasteiger partial charge in [0.1, 0.15) is 11.5 Å². The molecule has 10 heteroatoms. The van der Waals surface area contributed by atoms with Crippen LogP contribution in [0.4, 0.5) is 4.39 Å². The monoisotopic (exact) mass is 434 g/mol. The van der Waals surface area contributed by atoms with E-state index in [0.717, 1.165) is 23.8 Å². The van der Waals surface area contributed by atoms with E-state index < -0.39 is 15.8 Å². The maximum Gasteiger partial charge on any atom is 0.240 e. The number of ketones is 1. The number of hydrogen-bond donors (Lipinski definition) is 1. The van der Waals surface area contributed by atoms with Crippen LogP contribution >= 0.6 is 11.6 Å². The number of aromatic nitrogens is 3. The molecule has 3 rings (SSSR count). The Hall–Kier alpha value is -2.75. The predicted octanol–water partition coefficient (Wildman–Crippen LogP) is 2.96. The summed E-state index contributed by atoms with van der Waals surface area (Å²) in [6.45, 7) is -0.144. The first-order valence-electron chi connectivity index (χ1n) is 8.53. The second-order valence-corrected chi connectivity index (χ2v) is 8.25. The number of carbonyl (C=O) groups is 1. The molecular formula is C19H16ClFN4O3S. The molecule has 0 bridgehead atoms. The molecule has 0 saturated heterocycles. The lowest BCUT2D eigenvalue weighted by molar-refractivity contribution is 0.0977. The van der Waals surface area contributed by atoms with E-state index in [2.05, 4.69) is 19.7 Å². The van der Waals surface area contributed by atoms with Gasteiger partial charge in [-0.15, -0.1) is 0 Å². The summed E-state index contributed by atoms with van der Waals surface area (Å²) in [6, 6.07) is 6.79. The van der Waals surface area contributed by atoms with Gasteiger partial charge in [-0.2, -0.15) is 0 Å². The van der Waals surface area contributed by atoms with Crippen molar-refractivity contribution in [2.75, 3.05) is 0 Å². The van der Waals surface area contributed by atoms with E-state index in [1.807, 2.05) is 6.07 Å². The minimum absolute atomic E-state index is 0.144. The molecule has 150 valence electrons. The van der Waals surface area contributed by atoms with Gasteiger partial charge in [-0.25, -0.2) is 22.5 Å². The van der Waals surface area contributed by atoms with Crippen LogP contribution in [0.5, 0.6) is 0 Å². The Kier molecular flexibility index (Phi) is 6.63. The molecule has 0 unspecified atom stereocenters. The maximum absolute atomic E-state index is 13.2. The normalized spacial score (nSPS) is 11.4. The first-order valence-corrected chi connectivity index (χ1v) is 10.4. The molecule has 0 atom stereocenters. The molecule has 0 aliphatic heterocycles. The van der Waals surface area contributed by atoms with Crippen LogP contribution in [0.3, 0.4) is 0 Å². The van der Waals surface area contributed by atoms with Crippen LogP contribution in [0.25, 0.3) is 0 Å². The molecule has 0 aliphatic carbocycles. The average molecular weight is 435 g/mol. The summed E-state index contributed by atoms with van der Waals surface area (Å²) in [5, 5.41) is -0.290. The summed E-state index contributed by atoms with van der Waals surface area (Å²) in [5.74, 6) is -0.880. The summed E-state index contributed by atoms with van der Waals surface area (Å²) in [6.07, 6.45) is 6.80. The van der Waals surface area contributed by atoms with E-state index in [0.29, 0.717) is 12.1 Å². The van der Waals surface area contributed by atoms with Gasteiger partial charge in [0.2, 0.25) is 10.0 Å². The van der Waals surface area contributed by atoms with Gasteiger partial charge < -0.3 is 0 Å². The van der Waals surface area contributed by atoms with E-state index >= 15 is 0 Å². The average Bonchev–Trinajstić information content (AvgIpc) is 2.73. The third kappa shape index (κ3) is 5.63. The predicted molar refractivity (Wildman–Crippen MR) is 104 cm³/mol. The van der Waals surface area contributed by atoms with E-state index in [9.17, 15) is 17.6 Å². The van der Waals surface area contributed by atoms with Gasteiger partial charge in [-0.05, 0) is 36.2 Å². The van der Waals surface area contributed by atoms with Gasteiger partial charge in [-0.3, -0.25) is 14.8 Å². The highest BCUT2D eigenvalue weighted by Crippen LogP contribution is 2.19. The molecular weight excluding hydrogens is 419 g/mol. The Morgan fingerprint density at radius 2 is 1.97 bits per heavy atom. The van der Waals surface area contributed by atoms with Crippen LogP contribution in [0.2, 0.25) is 5.02 Å². The number of nitrogens with zero attached hydrogens (tertiary/aromatic N) is 3. The first-order chi connectivity index (χ1) is 13.8. The van der Waals surface area contributed by atoms with Gasteiger partial charge >= 0.3 is 0 Å². The van der Waals surface area contributed by atoms with Gasteiger partial charge in [-0.1, -0.05) is 17.7 Å². The number of Topliss-reactive ketones (excluding diaryl/α,β-unsaturated/α-hetero) is 1. The molecule has 2 heterocycles. The van der Waals surface area contributed by atoms with Crippen LogP contribution in [0, 0.1) is 5.82 Å². The second kappa shape index (κ2) is 9.17. The third-order valence-electron chi connectivity index (χ3n) is 4.00. The Morgan fingerprint density at radius 1 is 1.14 bits per heavy atom. The highest BCUT2D eigenvalue weighted by molar-refractivity contribution is 7.89. The molecule has 0 aliphatic rings. The summed E-state index contributed by atoms with van der Waals surface area (Å²) < 4.78 is 40.1. The van der Waals surface area contributed by atoms with Gasteiger partial charge in [0.15, 0.2) is 5.78 Å². The van der Waals surface area contributed by atoms with E-state index in [-0.39, 0.29) is 34.4 Å². The maximum atomic E-state index is 13.2. The smallest absolute Gasteiger partial charge is 0.240 e. The molecule has 0 spiro atoms. The number of nitrogens with one attached hydrogen (secondary N) is 1. The van der Waals surface area contributed by atoms with Crippen molar-refractivity contribution in [1.29, 1.82) is 0 Å². The van der Waals surface area contributed by atoms with Crippen molar-refractivity contribution in [2.45, 2.75) is 24.3 Å². The minimum atomic E-state index is -3.91. The van der Waals surface area contributed by atoms with Crippen molar-refractivity contribution < 1.29 is 17.6 Å². The Labute approximate surface area is 172 Å². The lowest BCUT2D eigenvalue weighted by Gasteiger charge is -2.07. The standard InChI is InChI=1S/C19H16ClFN4O3S/c20-16-8-15(4-5-17(16)21)29(27,28)25-11-14-10-24-18(12-23-14)19(26)6-3-13-2-1-7-22-9-13/h1-2,4-5,7-10,12,25H,3,6,11H2. The Balaban J connectivity index is 1.58. The van der Waals surface area contributed by atoms with Crippen molar-refractivity contribution in [2.24, 2.45) is 0 Å². The second-order valence-electron chi connectivity index (χ2n) is 6.08. The highest BCUT2D eigenvalue weighted by Gasteiger charge is 2.16. The van der Waals surface area contributed by atoms with Crippen LogP contribution in [-0.2, 0) is 23.0 Å². The Bertz CT molecular complexity index is 1110. The van der Waals surface area contributed by atoms with Gasteiger partial charge in [0, 0.05) is 18.8 Å². The van der Waals surface area contributed by atoms with Crippen LogP contribution in [0.1, 0.15) is 28.2 Å². The first kappa shape index (κ1) is 21.0. The summed E-state index contributed by atoms with van der Waals surface area (Å²) >= 11 is 5.62. The number of halogens is 2. The lowest BCUT2D eigenvalue weighted by atomic mass is 10.1. The van der Waals surface area contributed by atoms with Gasteiger partial charge in [0.05, 0.1) is 34.6 Å². The molecule has 7 nitrogen and oxygen atoms in total. The van der Waals surface area contributed by atoms with Gasteiger partial charge in [0.25, 0.3) is 0 Å². The topological polar surface area (TPSA) is 102 Å². The quantitative estimate of drug-likeness (QED) is 0.547. The molecule has 3 aromatic rings. The summed E-state index contributed by atoms with van der Waals surface area (Å²) in [4.78, 5) is 24.2. The zero-order valence-corrected chi connectivity index (χ0v) is 16.6. The minimum Gasteiger partial charge on any atom is -0.292 e. The van der Waals surface area contributed by atoms with Crippen LogP contribution in [0.15, 0.2) is 60.0 Å². The molecule has 1 aromatic carbocycles. The fourth-order valence-corrected chi connectivity index (χ4v) is 3.69. The van der Waals surface area contributed by atoms with Crippen molar-refractivity contribution in [3.05, 3.63) is 82.9 Å². The molecule has 2 aromatic heterocycles. The molecule has 29 heavy (non-hydrogen) atoms. The van der Waals surface area contributed by atoms with Crippen molar-refractivity contribution in [1.82, 2.24) is 19.7 Å². The molecule has 1 N–H and O–H groups in total. The van der Waals surface area contributed by atoms with E-state index in [1.54, 1.807) is 18.5 Å². The SMILES string of the molecule is O=C(CCc1cccnc1)c1cnc(CNS(=O)(=O)c2ccc(F)c(Cl)c2)cn1. The van der Waals surface area contributed by atoms with E-state index in [4.69, 9.17) is 11.6 Å². The van der Waals surface area contributed by atoms with E-state index in [1.165, 1.54) is 12.4 Å². The number of benzene rings is 1. The number of carbonyl (C=O) groups excluding carboxylic acids is 1. The third-order valence-corrected chi connectivity index (χ3v) is 5.69. The molecule has 0 saturated carbocycles. The fourth-order valence-electron chi connectivity index (χ4n) is 2.42. The zero-order valence-electron chi connectivity index (χ0n) is 15.0. The highest BCUT2D eigenvalue weighted by atomic mass is 35.5. The van der Waals surface area contributed by atoms with Crippen molar-refractivity contribution in [3.8, 4) is 0 Å². The molecule has 0 fully saturated rings. The largest absolute Gasteiger partial charge is 0.292 e. The lowest BCUT2D eigenvalue weighted by Crippen LogP contribution is -2.24. The number of sulfonamides is 1. The fraction of sp³-hybridized carbons (Fsp3) is 0.158. The van der Waals surface area contributed by atoms with Crippen LogP contribution in [-0.4, -0.2) is 29.2 Å².